The molecule has 0 saturated heterocycles. The largest absolute Gasteiger partial charge is 0.246 e. The molecule has 1 aromatic rings. The third kappa shape index (κ3) is 3.27. The highest BCUT2D eigenvalue weighted by molar-refractivity contribution is 8.13. The second-order valence-electron chi connectivity index (χ2n) is 3.08. The molecule has 0 aromatic heterocycles. The van der Waals surface area contributed by atoms with E-state index in [0.717, 1.165) is 5.56 Å². The molecule has 0 radical (unpaired) electrons. The third-order valence-corrected chi connectivity index (χ3v) is 2.88. The quantitative estimate of drug-likeness (QED) is 0.756. The van der Waals surface area contributed by atoms with Gasteiger partial charge < -0.3 is 0 Å². The van der Waals surface area contributed by atoms with Crippen LogP contribution in [0.2, 0.25) is 0 Å². The molecule has 0 aliphatic heterocycles. The van der Waals surface area contributed by atoms with Crippen LogP contribution in [-0.2, 0) is 21.5 Å². The first-order valence-corrected chi connectivity index (χ1v) is 6.47. The summed E-state index contributed by atoms with van der Waals surface area (Å²) < 4.78 is 33.9. The molecule has 0 aliphatic rings. The van der Waals surface area contributed by atoms with Crippen molar-refractivity contribution >= 4 is 19.7 Å². The van der Waals surface area contributed by atoms with Gasteiger partial charge in [-0.15, -0.1) is 0 Å². The van der Waals surface area contributed by atoms with E-state index in [1.54, 1.807) is 19.1 Å². The molecule has 0 unspecified atom stereocenters. The SMILES string of the molecule is Cc1ccc(CF)cc1CS(=O)(=O)Cl. The van der Waals surface area contributed by atoms with Crippen molar-refractivity contribution in [3.63, 3.8) is 0 Å². The fraction of sp³-hybridized carbons (Fsp3) is 0.333. The zero-order chi connectivity index (χ0) is 10.8. The van der Waals surface area contributed by atoms with Gasteiger partial charge in [0.2, 0.25) is 9.05 Å². The highest BCUT2D eigenvalue weighted by atomic mass is 35.7. The van der Waals surface area contributed by atoms with Gasteiger partial charge in [-0.25, -0.2) is 12.8 Å². The lowest BCUT2D eigenvalue weighted by atomic mass is 10.1. The summed E-state index contributed by atoms with van der Waals surface area (Å²) in [6.45, 7) is 1.16. The van der Waals surface area contributed by atoms with Crippen molar-refractivity contribution in [2.45, 2.75) is 19.4 Å². The summed E-state index contributed by atoms with van der Waals surface area (Å²) in [5.74, 6) is -0.256. The van der Waals surface area contributed by atoms with Gasteiger partial charge in [0.15, 0.2) is 0 Å². The third-order valence-electron chi connectivity index (χ3n) is 1.90. The van der Waals surface area contributed by atoms with Crippen LogP contribution >= 0.6 is 10.7 Å². The minimum Gasteiger partial charge on any atom is -0.246 e. The van der Waals surface area contributed by atoms with Gasteiger partial charge in [-0.2, -0.15) is 0 Å². The molecular weight excluding hydrogens is 227 g/mol. The summed E-state index contributed by atoms with van der Waals surface area (Å²) >= 11 is 0. The molecular formula is C9H10ClFO2S. The van der Waals surface area contributed by atoms with Gasteiger partial charge >= 0.3 is 0 Å². The monoisotopic (exact) mass is 236 g/mol. The second-order valence-corrected chi connectivity index (χ2v) is 5.85. The molecule has 1 rings (SSSR count). The maximum Gasteiger partial charge on any atom is 0.236 e. The molecule has 0 amide bonds. The van der Waals surface area contributed by atoms with Crippen LogP contribution in [0.5, 0.6) is 0 Å². The maximum absolute atomic E-state index is 12.3. The first-order valence-electron chi connectivity index (χ1n) is 3.99. The summed E-state index contributed by atoms with van der Waals surface area (Å²) in [6.07, 6.45) is 0. The molecule has 0 spiro atoms. The zero-order valence-corrected chi connectivity index (χ0v) is 9.20. The number of hydrogen-bond acceptors (Lipinski definition) is 2. The van der Waals surface area contributed by atoms with E-state index < -0.39 is 15.7 Å². The van der Waals surface area contributed by atoms with E-state index in [4.69, 9.17) is 10.7 Å². The Labute approximate surface area is 87.1 Å². The van der Waals surface area contributed by atoms with Gasteiger partial charge in [0.25, 0.3) is 0 Å². The van der Waals surface area contributed by atoms with Crippen molar-refractivity contribution in [1.82, 2.24) is 0 Å². The number of halogens is 2. The Morgan fingerprint density at radius 2 is 2.07 bits per heavy atom. The van der Waals surface area contributed by atoms with Crippen molar-refractivity contribution in [2.75, 3.05) is 0 Å². The average molecular weight is 237 g/mol. The highest BCUT2D eigenvalue weighted by Gasteiger charge is 2.09. The molecule has 0 N–H and O–H groups in total. The molecule has 14 heavy (non-hydrogen) atoms. The molecule has 2 nitrogen and oxygen atoms in total. The smallest absolute Gasteiger partial charge is 0.236 e. The molecule has 78 valence electrons. The van der Waals surface area contributed by atoms with Crippen LogP contribution in [0.1, 0.15) is 16.7 Å². The van der Waals surface area contributed by atoms with Crippen LogP contribution in [0, 0.1) is 6.92 Å². The van der Waals surface area contributed by atoms with Crippen molar-refractivity contribution in [3.8, 4) is 0 Å². The van der Waals surface area contributed by atoms with Crippen molar-refractivity contribution in [2.24, 2.45) is 0 Å². The van der Waals surface area contributed by atoms with Crippen molar-refractivity contribution < 1.29 is 12.8 Å². The van der Waals surface area contributed by atoms with Gasteiger partial charge in [0.05, 0.1) is 5.75 Å². The summed E-state index contributed by atoms with van der Waals surface area (Å²) in [4.78, 5) is 0. The molecule has 0 heterocycles. The fourth-order valence-electron chi connectivity index (χ4n) is 1.15. The van der Waals surface area contributed by atoms with Gasteiger partial charge in [-0.3, -0.25) is 0 Å². The molecule has 0 saturated carbocycles. The highest BCUT2D eigenvalue weighted by Crippen LogP contribution is 2.16. The van der Waals surface area contributed by atoms with E-state index in [1.165, 1.54) is 6.07 Å². The van der Waals surface area contributed by atoms with Crippen LogP contribution in [0.15, 0.2) is 18.2 Å². The van der Waals surface area contributed by atoms with Gasteiger partial charge in [-0.05, 0) is 23.6 Å². The van der Waals surface area contributed by atoms with E-state index in [9.17, 15) is 12.8 Å². The summed E-state index contributed by atoms with van der Waals surface area (Å²) in [6, 6.07) is 4.83. The standard InChI is InChI=1S/C9H10ClFO2S/c1-7-2-3-8(5-11)4-9(7)6-14(10,12)13/h2-4H,5-6H2,1H3. The number of aryl methyl sites for hydroxylation is 1. The first kappa shape index (κ1) is 11.5. The predicted molar refractivity (Wildman–Crippen MR) is 54.5 cm³/mol. The maximum atomic E-state index is 12.3. The number of rotatable bonds is 3. The number of benzene rings is 1. The Morgan fingerprint density at radius 1 is 1.43 bits per heavy atom. The minimum absolute atomic E-state index is 0.256. The Morgan fingerprint density at radius 3 is 2.57 bits per heavy atom. The molecule has 0 atom stereocenters. The van der Waals surface area contributed by atoms with E-state index in [1.807, 2.05) is 0 Å². The van der Waals surface area contributed by atoms with Crippen molar-refractivity contribution in [3.05, 3.63) is 34.9 Å². The Hall–Kier alpha value is -0.610. The van der Waals surface area contributed by atoms with Gasteiger partial charge in [0.1, 0.15) is 6.67 Å². The lowest BCUT2D eigenvalue weighted by Crippen LogP contribution is -1.98. The van der Waals surface area contributed by atoms with Crippen LogP contribution in [0.3, 0.4) is 0 Å². The Balaban J connectivity index is 3.07. The first-order chi connectivity index (χ1) is 6.42. The molecule has 5 heteroatoms. The van der Waals surface area contributed by atoms with Crippen LogP contribution < -0.4 is 0 Å². The van der Waals surface area contributed by atoms with E-state index >= 15 is 0 Å². The van der Waals surface area contributed by atoms with Crippen LogP contribution in [-0.4, -0.2) is 8.42 Å². The summed E-state index contributed by atoms with van der Waals surface area (Å²) in [5, 5.41) is 0. The van der Waals surface area contributed by atoms with E-state index in [-0.39, 0.29) is 5.75 Å². The zero-order valence-electron chi connectivity index (χ0n) is 7.63. The van der Waals surface area contributed by atoms with Crippen LogP contribution in [0.25, 0.3) is 0 Å². The minimum atomic E-state index is -3.57. The van der Waals surface area contributed by atoms with Gasteiger partial charge in [0, 0.05) is 10.7 Å². The Bertz CT molecular complexity index is 428. The predicted octanol–water partition coefficient (Wildman–Crippen LogP) is 2.53. The van der Waals surface area contributed by atoms with Gasteiger partial charge in [-0.1, -0.05) is 18.2 Å². The lowest BCUT2D eigenvalue weighted by molar-refractivity contribution is 0.485. The van der Waals surface area contributed by atoms with Crippen molar-refractivity contribution in [1.29, 1.82) is 0 Å². The second kappa shape index (κ2) is 4.28. The fourth-order valence-corrected chi connectivity index (χ4v) is 2.18. The topological polar surface area (TPSA) is 34.1 Å². The van der Waals surface area contributed by atoms with E-state index in [2.05, 4.69) is 0 Å². The lowest BCUT2D eigenvalue weighted by Gasteiger charge is -2.04. The molecule has 1 aromatic carbocycles. The molecule has 0 fully saturated rings. The summed E-state index contributed by atoms with van der Waals surface area (Å²) in [5.41, 5.74) is 1.81. The van der Waals surface area contributed by atoms with E-state index in [0.29, 0.717) is 11.1 Å². The Kier molecular flexibility index (Phi) is 3.50. The van der Waals surface area contributed by atoms with Crippen LogP contribution in [0.4, 0.5) is 4.39 Å². The normalized spacial score (nSPS) is 11.6. The number of hydrogen-bond donors (Lipinski definition) is 0. The number of alkyl halides is 1. The summed E-state index contributed by atoms with van der Waals surface area (Å²) in [7, 11) is 1.54. The molecule has 0 aliphatic carbocycles. The average Bonchev–Trinajstić information content (AvgIpc) is 2.06. The molecule has 0 bridgehead atoms.